The number of amides is 1. The van der Waals surface area contributed by atoms with Gasteiger partial charge in [0.25, 0.3) is 5.91 Å². The van der Waals surface area contributed by atoms with Gasteiger partial charge in [-0.2, -0.15) is 0 Å². The van der Waals surface area contributed by atoms with Gasteiger partial charge in [0.2, 0.25) is 6.54 Å². The highest BCUT2D eigenvalue weighted by Gasteiger charge is 2.64. The van der Waals surface area contributed by atoms with Gasteiger partial charge < -0.3 is 28.7 Å². The maximum atomic E-state index is 12.4. The van der Waals surface area contributed by atoms with Crippen LogP contribution in [0.25, 0.3) is 4.85 Å². The Hall–Kier alpha value is -1.81. The maximum absolute atomic E-state index is 12.4. The molecule has 156 valence electrons. The van der Waals surface area contributed by atoms with Gasteiger partial charge in [0.15, 0.2) is 8.38 Å². The fourth-order valence-corrected chi connectivity index (χ4v) is 4.74. The summed E-state index contributed by atoms with van der Waals surface area (Å²) in [5.41, 5.74) is -0.0577. The third-order valence-corrected chi connectivity index (χ3v) is 6.45. The standard InChI is InChI=1S/C21H27N2O5P/c1-5-15(2)21-14-25-18(19(21)28-29(4)26-12-11-22-3)17(27-21)13-23-20(24)16-9-7-6-8-10-16/h5-10,15,17-19H,1,11-14H2,2,4H3,(H,23,24)/t15-,17-,18-,19-,21+,29?/m0/s1. The first-order chi connectivity index (χ1) is 14.0. The highest BCUT2D eigenvalue weighted by atomic mass is 31.2. The van der Waals surface area contributed by atoms with Crippen molar-refractivity contribution in [3.05, 3.63) is 60.0 Å². The number of nitrogens with zero attached hydrogens (tertiary/aromatic N) is 1. The summed E-state index contributed by atoms with van der Waals surface area (Å²) < 4.78 is 24.3. The number of hydrogen-bond acceptors (Lipinski definition) is 5. The number of hydrogen-bond donors (Lipinski definition) is 1. The average molecular weight is 418 g/mol. The third-order valence-electron chi connectivity index (χ3n) is 5.38. The van der Waals surface area contributed by atoms with Crippen LogP contribution >= 0.6 is 8.38 Å². The molecule has 7 nitrogen and oxygen atoms in total. The summed E-state index contributed by atoms with van der Waals surface area (Å²) in [6.07, 6.45) is 0.890. The lowest BCUT2D eigenvalue weighted by atomic mass is 9.86. The molecular formula is C21H27N2O5P. The van der Waals surface area contributed by atoms with Gasteiger partial charge in [-0.15, -0.1) is 6.58 Å². The molecule has 2 aliphatic heterocycles. The molecule has 0 radical (unpaired) electrons. The van der Waals surface area contributed by atoms with Crippen molar-refractivity contribution in [1.29, 1.82) is 0 Å². The smallest absolute Gasteiger partial charge is 0.251 e. The Morgan fingerprint density at radius 1 is 1.52 bits per heavy atom. The monoisotopic (exact) mass is 418 g/mol. The number of ether oxygens (including phenoxy) is 2. The van der Waals surface area contributed by atoms with Crippen molar-refractivity contribution in [2.24, 2.45) is 5.92 Å². The molecule has 1 N–H and O–H groups in total. The molecule has 1 amide bonds. The quantitative estimate of drug-likeness (QED) is 0.274. The Morgan fingerprint density at radius 3 is 2.97 bits per heavy atom. The first-order valence-electron chi connectivity index (χ1n) is 9.63. The molecule has 2 saturated heterocycles. The Bertz CT molecular complexity index is 755. The minimum atomic E-state index is -1.18. The van der Waals surface area contributed by atoms with Crippen LogP contribution in [0.5, 0.6) is 0 Å². The highest BCUT2D eigenvalue weighted by Crippen LogP contribution is 2.51. The van der Waals surface area contributed by atoms with E-state index < -0.39 is 14.0 Å². The molecule has 2 bridgehead atoms. The van der Waals surface area contributed by atoms with Crippen molar-refractivity contribution in [2.45, 2.75) is 30.8 Å². The molecule has 8 heteroatoms. The summed E-state index contributed by atoms with van der Waals surface area (Å²) in [5, 5.41) is 2.93. The number of carbonyl (C=O) groups is 1. The van der Waals surface area contributed by atoms with E-state index in [9.17, 15) is 4.79 Å². The van der Waals surface area contributed by atoms with Gasteiger partial charge in [0, 0.05) is 24.7 Å². The van der Waals surface area contributed by atoms with Crippen molar-refractivity contribution in [1.82, 2.24) is 5.32 Å². The van der Waals surface area contributed by atoms with Crippen LogP contribution < -0.4 is 5.32 Å². The van der Waals surface area contributed by atoms with Crippen LogP contribution in [0.4, 0.5) is 0 Å². The fraction of sp³-hybridized carbons (Fsp3) is 0.524. The Labute approximate surface area is 173 Å². The number of benzene rings is 1. The Morgan fingerprint density at radius 2 is 2.28 bits per heavy atom. The SMILES string of the molecule is [C-]#[N+]CCOP(C)O[C@H]1[C@H]2OC[C@]1([C@@H](C)C=C)O[C@H]2CNC(=O)c1ccccc1. The minimum absolute atomic E-state index is 0.000957. The minimum Gasteiger partial charge on any atom is -0.369 e. The van der Waals surface area contributed by atoms with E-state index in [0.29, 0.717) is 31.9 Å². The van der Waals surface area contributed by atoms with Crippen molar-refractivity contribution >= 4 is 14.3 Å². The number of carbonyl (C=O) groups excluding carboxylic acids is 1. The van der Waals surface area contributed by atoms with E-state index in [2.05, 4.69) is 16.7 Å². The van der Waals surface area contributed by atoms with Gasteiger partial charge in [-0.25, -0.2) is 6.57 Å². The molecule has 0 aliphatic carbocycles. The van der Waals surface area contributed by atoms with E-state index >= 15 is 0 Å². The average Bonchev–Trinajstić information content (AvgIpc) is 3.24. The summed E-state index contributed by atoms with van der Waals surface area (Å²) in [7, 11) is -1.18. The topological polar surface area (TPSA) is 70.4 Å². The highest BCUT2D eigenvalue weighted by molar-refractivity contribution is 7.46. The summed E-state index contributed by atoms with van der Waals surface area (Å²) in [5.74, 6) is -0.153. The van der Waals surface area contributed by atoms with E-state index in [4.69, 9.17) is 25.1 Å². The van der Waals surface area contributed by atoms with E-state index in [-0.39, 0.29) is 30.1 Å². The number of fused-ring (bicyclic) bond motifs is 2. The lowest BCUT2D eigenvalue weighted by Gasteiger charge is -2.35. The van der Waals surface area contributed by atoms with Crippen LogP contribution in [0.3, 0.4) is 0 Å². The van der Waals surface area contributed by atoms with Gasteiger partial charge >= 0.3 is 0 Å². The Kier molecular flexibility index (Phi) is 7.39. The first kappa shape index (κ1) is 21.9. The largest absolute Gasteiger partial charge is 0.369 e. The zero-order valence-electron chi connectivity index (χ0n) is 16.7. The van der Waals surface area contributed by atoms with Crippen LogP contribution in [-0.4, -0.2) is 62.8 Å². The second-order valence-electron chi connectivity index (χ2n) is 7.17. The zero-order valence-corrected chi connectivity index (χ0v) is 17.6. The van der Waals surface area contributed by atoms with E-state index in [1.54, 1.807) is 12.1 Å². The van der Waals surface area contributed by atoms with E-state index in [1.807, 2.05) is 37.9 Å². The maximum Gasteiger partial charge on any atom is 0.251 e. The molecule has 2 heterocycles. The van der Waals surface area contributed by atoms with Gasteiger partial charge in [-0.3, -0.25) is 4.79 Å². The van der Waals surface area contributed by atoms with E-state index in [1.165, 1.54) is 0 Å². The molecule has 0 aromatic heterocycles. The first-order valence-corrected chi connectivity index (χ1v) is 11.3. The molecule has 1 unspecified atom stereocenters. The number of rotatable bonds is 10. The summed E-state index contributed by atoms with van der Waals surface area (Å²) in [6, 6.07) is 9.06. The molecule has 2 aliphatic rings. The lowest BCUT2D eigenvalue weighted by Crippen LogP contribution is -2.47. The van der Waals surface area contributed by atoms with Crippen LogP contribution in [0.1, 0.15) is 17.3 Å². The van der Waals surface area contributed by atoms with Gasteiger partial charge in [-0.1, -0.05) is 31.2 Å². The predicted molar refractivity (Wildman–Crippen MR) is 111 cm³/mol. The molecular weight excluding hydrogens is 391 g/mol. The third kappa shape index (κ3) is 4.69. The lowest BCUT2D eigenvalue weighted by molar-refractivity contribution is -0.156. The summed E-state index contributed by atoms with van der Waals surface area (Å²) >= 11 is 0. The molecule has 2 fully saturated rings. The van der Waals surface area contributed by atoms with Crippen LogP contribution in [0.15, 0.2) is 43.0 Å². The molecule has 1 aromatic rings. The molecule has 1 aromatic carbocycles. The van der Waals surface area contributed by atoms with Crippen molar-refractivity contribution in [3.63, 3.8) is 0 Å². The fourth-order valence-electron chi connectivity index (χ4n) is 3.72. The van der Waals surface area contributed by atoms with Gasteiger partial charge in [0.05, 0.1) is 6.61 Å². The normalized spacial score (nSPS) is 29.8. The van der Waals surface area contributed by atoms with Crippen LogP contribution in [-0.2, 0) is 18.5 Å². The molecule has 0 spiro atoms. The summed E-state index contributed by atoms with van der Waals surface area (Å²) in [4.78, 5) is 15.7. The second kappa shape index (κ2) is 9.80. The second-order valence-corrected chi connectivity index (χ2v) is 8.52. The van der Waals surface area contributed by atoms with E-state index in [0.717, 1.165) is 0 Å². The van der Waals surface area contributed by atoms with Crippen molar-refractivity contribution in [3.8, 4) is 0 Å². The summed E-state index contributed by atoms with van der Waals surface area (Å²) in [6.45, 7) is 16.0. The zero-order chi connectivity index (χ0) is 20.9. The van der Waals surface area contributed by atoms with Gasteiger partial charge in [-0.05, 0) is 12.1 Å². The van der Waals surface area contributed by atoms with Crippen LogP contribution in [0.2, 0.25) is 0 Å². The Balaban J connectivity index is 1.66. The van der Waals surface area contributed by atoms with Crippen molar-refractivity contribution < 1.29 is 23.3 Å². The van der Waals surface area contributed by atoms with Crippen LogP contribution in [0, 0.1) is 12.5 Å². The molecule has 0 saturated carbocycles. The molecule has 29 heavy (non-hydrogen) atoms. The predicted octanol–water partition coefficient (Wildman–Crippen LogP) is 3.04. The number of nitrogens with one attached hydrogen (secondary N) is 1. The van der Waals surface area contributed by atoms with Crippen molar-refractivity contribution in [2.75, 3.05) is 33.0 Å². The molecule has 6 atom stereocenters. The van der Waals surface area contributed by atoms with Gasteiger partial charge in [0.1, 0.15) is 30.5 Å². The molecule has 3 rings (SSSR count).